The molecular formula is C14H14ClF4N3. The first kappa shape index (κ1) is 16.6. The van der Waals surface area contributed by atoms with Crippen molar-refractivity contribution in [2.24, 2.45) is 5.92 Å². The molecule has 1 fully saturated rings. The van der Waals surface area contributed by atoms with Crippen LogP contribution in [0.3, 0.4) is 0 Å². The molecule has 1 aliphatic rings. The van der Waals surface area contributed by atoms with Gasteiger partial charge in [-0.1, -0.05) is 11.6 Å². The second kappa shape index (κ2) is 6.16. The number of benzene rings is 1. The van der Waals surface area contributed by atoms with Crippen LogP contribution in [0.25, 0.3) is 0 Å². The van der Waals surface area contributed by atoms with E-state index in [4.69, 9.17) is 17.0 Å². The first-order valence-corrected chi connectivity index (χ1v) is 6.92. The summed E-state index contributed by atoms with van der Waals surface area (Å²) < 4.78 is 51.8. The Morgan fingerprint density at radius 3 is 2.41 bits per heavy atom. The molecule has 0 aromatic heterocycles. The molecule has 22 heavy (non-hydrogen) atoms. The summed E-state index contributed by atoms with van der Waals surface area (Å²) in [6, 6.07) is 4.21. The molecule has 0 amide bonds. The summed E-state index contributed by atoms with van der Waals surface area (Å²) in [5.74, 6) is -0.827. The van der Waals surface area contributed by atoms with Gasteiger partial charge in [0.1, 0.15) is 5.82 Å². The Morgan fingerprint density at radius 2 is 1.95 bits per heavy atom. The Kier molecular flexibility index (Phi) is 4.65. The topological polar surface area (TPSA) is 47.9 Å². The predicted octanol–water partition coefficient (Wildman–Crippen LogP) is 4.72. The minimum Gasteiger partial charge on any atom is -0.388 e. The molecule has 3 nitrogen and oxygen atoms in total. The van der Waals surface area contributed by atoms with Gasteiger partial charge < -0.3 is 10.6 Å². The first-order valence-electron chi connectivity index (χ1n) is 6.54. The molecule has 3 N–H and O–H groups in total. The van der Waals surface area contributed by atoms with E-state index in [1.165, 1.54) is 12.1 Å². The van der Waals surface area contributed by atoms with E-state index in [-0.39, 0.29) is 17.3 Å². The number of anilines is 2. The van der Waals surface area contributed by atoms with Gasteiger partial charge in [-0.15, -0.1) is 0 Å². The highest BCUT2D eigenvalue weighted by atomic mass is 35.5. The third-order valence-corrected chi connectivity index (χ3v) is 3.64. The van der Waals surface area contributed by atoms with Crippen molar-refractivity contribution in [3.63, 3.8) is 0 Å². The van der Waals surface area contributed by atoms with E-state index >= 15 is 0 Å². The van der Waals surface area contributed by atoms with Gasteiger partial charge in [-0.05, 0) is 31.0 Å². The van der Waals surface area contributed by atoms with Gasteiger partial charge in [-0.25, -0.2) is 4.39 Å². The van der Waals surface area contributed by atoms with Crippen LogP contribution < -0.4 is 10.6 Å². The van der Waals surface area contributed by atoms with E-state index in [1.54, 1.807) is 13.1 Å². The number of allylic oxidation sites excluding steroid dienone is 2. The molecule has 0 atom stereocenters. The summed E-state index contributed by atoms with van der Waals surface area (Å²) >= 11 is 5.72. The van der Waals surface area contributed by atoms with Crippen molar-refractivity contribution in [3.05, 3.63) is 34.7 Å². The Hall–Kier alpha value is -1.76. The van der Waals surface area contributed by atoms with Crippen LogP contribution in [0.2, 0.25) is 0 Å². The van der Waals surface area contributed by atoms with Crippen molar-refractivity contribution in [2.45, 2.75) is 19.0 Å². The minimum atomic E-state index is -4.84. The van der Waals surface area contributed by atoms with Crippen molar-refractivity contribution >= 4 is 28.7 Å². The largest absolute Gasteiger partial charge is 0.434 e. The molecule has 0 bridgehead atoms. The van der Waals surface area contributed by atoms with Crippen LogP contribution in [0.15, 0.2) is 28.9 Å². The van der Waals surface area contributed by atoms with Crippen molar-refractivity contribution < 1.29 is 17.6 Å². The van der Waals surface area contributed by atoms with Crippen LogP contribution in [0.5, 0.6) is 0 Å². The van der Waals surface area contributed by atoms with Gasteiger partial charge in [0.05, 0.1) is 10.7 Å². The molecule has 0 radical (unpaired) electrons. The summed E-state index contributed by atoms with van der Waals surface area (Å²) in [7, 11) is 1.62. The number of rotatable bonds is 5. The zero-order chi connectivity index (χ0) is 16.5. The van der Waals surface area contributed by atoms with E-state index in [9.17, 15) is 17.6 Å². The third-order valence-electron chi connectivity index (χ3n) is 3.25. The van der Waals surface area contributed by atoms with Crippen LogP contribution in [0.4, 0.5) is 28.9 Å². The van der Waals surface area contributed by atoms with Gasteiger partial charge >= 0.3 is 6.18 Å². The lowest BCUT2D eigenvalue weighted by molar-refractivity contribution is -0.0586. The molecule has 120 valence electrons. The van der Waals surface area contributed by atoms with Gasteiger partial charge in [-0.2, -0.15) is 13.2 Å². The smallest absolute Gasteiger partial charge is 0.388 e. The molecule has 0 saturated heterocycles. The highest BCUT2D eigenvalue weighted by Gasteiger charge is 2.40. The minimum absolute atomic E-state index is 0.0222. The Morgan fingerprint density at radius 1 is 1.32 bits per heavy atom. The van der Waals surface area contributed by atoms with Crippen molar-refractivity contribution in [1.29, 1.82) is 5.41 Å². The summed E-state index contributed by atoms with van der Waals surface area (Å²) in [5.41, 5.74) is -1.03. The van der Waals surface area contributed by atoms with Crippen LogP contribution in [-0.4, -0.2) is 18.9 Å². The van der Waals surface area contributed by atoms with Crippen molar-refractivity contribution in [1.82, 2.24) is 0 Å². The van der Waals surface area contributed by atoms with Crippen LogP contribution >= 0.6 is 11.6 Å². The molecule has 0 heterocycles. The van der Waals surface area contributed by atoms with Crippen molar-refractivity contribution in [3.8, 4) is 0 Å². The van der Waals surface area contributed by atoms with Crippen LogP contribution in [0.1, 0.15) is 12.8 Å². The number of hydrogen-bond acceptors (Lipinski definition) is 3. The van der Waals surface area contributed by atoms with Gasteiger partial charge in [0.15, 0.2) is 5.71 Å². The molecule has 1 aromatic rings. The fourth-order valence-corrected chi connectivity index (χ4v) is 2.19. The highest BCUT2D eigenvalue weighted by Crippen LogP contribution is 2.41. The van der Waals surface area contributed by atoms with Gasteiger partial charge in [0.25, 0.3) is 0 Å². The average Bonchev–Trinajstić information content (AvgIpc) is 3.28. The maximum absolute atomic E-state index is 13.9. The van der Waals surface area contributed by atoms with Gasteiger partial charge in [0, 0.05) is 24.4 Å². The molecular weight excluding hydrogens is 322 g/mol. The number of hydrogen-bond donors (Lipinski definition) is 3. The number of nitrogens with one attached hydrogen (secondary N) is 3. The van der Waals surface area contributed by atoms with Crippen molar-refractivity contribution in [2.75, 3.05) is 17.7 Å². The molecule has 0 spiro atoms. The summed E-state index contributed by atoms with van der Waals surface area (Å²) in [5, 5.41) is 11.8. The Balaban J connectivity index is 2.32. The summed E-state index contributed by atoms with van der Waals surface area (Å²) in [6.07, 6.45) is -3.53. The Labute approximate surface area is 129 Å². The second-order valence-corrected chi connectivity index (χ2v) is 5.32. The fraction of sp³-hybridized carbons (Fsp3) is 0.357. The third kappa shape index (κ3) is 3.71. The van der Waals surface area contributed by atoms with Crippen LogP contribution in [0, 0.1) is 17.1 Å². The normalized spacial score (nSPS) is 16.1. The van der Waals surface area contributed by atoms with Gasteiger partial charge in [0.2, 0.25) is 0 Å². The van der Waals surface area contributed by atoms with E-state index in [1.807, 2.05) is 0 Å². The zero-order valence-corrected chi connectivity index (χ0v) is 12.4. The summed E-state index contributed by atoms with van der Waals surface area (Å²) in [4.78, 5) is 0. The van der Waals surface area contributed by atoms with E-state index in [0.29, 0.717) is 18.5 Å². The van der Waals surface area contributed by atoms with E-state index < -0.39 is 22.7 Å². The SMILES string of the molecule is CNc1ccc(N/C(=C(/Cl)C(=N)C(F)(F)F)C2CC2)c(F)c1. The maximum Gasteiger partial charge on any atom is 0.434 e. The molecule has 1 saturated carbocycles. The monoisotopic (exact) mass is 335 g/mol. The molecule has 1 aromatic carbocycles. The number of halogens is 5. The molecule has 1 aliphatic carbocycles. The lowest BCUT2D eigenvalue weighted by Gasteiger charge is -2.16. The zero-order valence-electron chi connectivity index (χ0n) is 11.6. The molecule has 2 rings (SSSR count). The van der Waals surface area contributed by atoms with E-state index in [2.05, 4.69) is 10.6 Å². The second-order valence-electron chi connectivity index (χ2n) is 4.94. The first-order chi connectivity index (χ1) is 10.2. The van der Waals surface area contributed by atoms with E-state index in [0.717, 1.165) is 0 Å². The predicted molar refractivity (Wildman–Crippen MR) is 79.0 cm³/mol. The standard InChI is InChI=1S/C14H14ClF4N3/c1-21-8-4-5-10(9(16)6-8)22-12(7-2-3-7)11(15)13(20)14(17,18)19/h4-7,20-22H,2-3H2,1H3/b12-11+,20-13?. The lowest BCUT2D eigenvalue weighted by Crippen LogP contribution is -2.24. The molecule has 8 heteroatoms. The van der Waals surface area contributed by atoms with Crippen LogP contribution in [-0.2, 0) is 0 Å². The Bertz CT molecular complexity index is 621. The lowest BCUT2D eigenvalue weighted by atomic mass is 10.2. The fourth-order valence-electron chi connectivity index (χ4n) is 1.88. The molecule has 0 aliphatic heterocycles. The highest BCUT2D eigenvalue weighted by molar-refractivity contribution is 6.44. The summed E-state index contributed by atoms with van der Waals surface area (Å²) in [6.45, 7) is 0. The van der Waals surface area contributed by atoms with Gasteiger partial charge in [-0.3, -0.25) is 5.41 Å². The number of alkyl halides is 3. The maximum atomic E-state index is 13.9. The average molecular weight is 336 g/mol. The molecule has 0 unspecified atom stereocenters. The quantitative estimate of drug-likeness (QED) is 0.538.